The van der Waals surface area contributed by atoms with Crippen LogP contribution in [-0.4, -0.2) is 4.98 Å². The van der Waals surface area contributed by atoms with E-state index in [1.165, 1.54) is 12.8 Å². The molecular formula is C14H14Cl2N2S. The van der Waals surface area contributed by atoms with Crippen molar-refractivity contribution in [3.05, 3.63) is 38.6 Å². The van der Waals surface area contributed by atoms with E-state index in [9.17, 15) is 0 Å². The summed E-state index contributed by atoms with van der Waals surface area (Å²) in [6.07, 6.45) is 4.42. The molecule has 2 aromatic rings. The lowest BCUT2D eigenvalue weighted by atomic mass is 10.0. The van der Waals surface area contributed by atoms with Gasteiger partial charge in [-0.3, -0.25) is 0 Å². The van der Waals surface area contributed by atoms with Crippen LogP contribution in [0.15, 0.2) is 23.6 Å². The Labute approximate surface area is 126 Å². The summed E-state index contributed by atoms with van der Waals surface area (Å²) in [5.41, 5.74) is 7.99. The Balaban J connectivity index is 1.97. The van der Waals surface area contributed by atoms with Crippen LogP contribution in [0.25, 0.3) is 11.3 Å². The third-order valence-electron chi connectivity index (χ3n) is 3.63. The summed E-state index contributed by atoms with van der Waals surface area (Å²) in [5, 5.41) is 4.31. The monoisotopic (exact) mass is 312 g/mol. The zero-order valence-corrected chi connectivity index (χ0v) is 12.7. The van der Waals surface area contributed by atoms with Gasteiger partial charge in [0.25, 0.3) is 0 Å². The van der Waals surface area contributed by atoms with E-state index >= 15 is 0 Å². The van der Waals surface area contributed by atoms with Gasteiger partial charge in [-0.05, 0) is 31.0 Å². The Hall–Kier alpha value is -0.610. The molecule has 19 heavy (non-hydrogen) atoms. The van der Waals surface area contributed by atoms with Gasteiger partial charge in [0.2, 0.25) is 0 Å². The summed E-state index contributed by atoms with van der Waals surface area (Å²) in [6, 6.07) is 5.47. The van der Waals surface area contributed by atoms with Crippen molar-refractivity contribution in [1.29, 1.82) is 0 Å². The number of nitrogens with two attached hydrogens (primary N) is 1. The van der Waals surface area contributed by atoms with E-state index in [0.29, 0.717) is 10.0 Å². The Kier molecular flexibility index (Phi) is 3.56. The van der Waals surface area contributed by atoms with Gasteiger partial charge in [0, 0.05) is 16.0 Å². The van der Waals surface area contributed by atoms with Crippen LogP contribution in [0, 0.1) is 0 Å². The third kappa shape index (κ3) is 2.52. The standard InChI is InChI=1S/C14H14Cl2N2S/c15-9-3-4-10(11(16)7-9)12-8-19-13(18-12)14(17)5-1-2-6-14/h3-4,7-8H,1-2,5-6,17H2. The zero-order valence-electron chi connectivity index (χ0n) is 10.3. The molecule has 0 bridgehead atoms. The number of halogens is 2. The van der Waals surface area contributed by atoms with Crippen LogP contribution in [-0.2, 0) is 5.54 Å². The fourth-order valence-corrected chi connectivity index (χ4v) is 4.04. The number of hydrogen-bond acceptors (Lipinski definition) is 3. The van der Waals surface area contributed by atoms with Gasteiger partial charge in [0.15, 0.2) is 0 Å². The first-order chi connectivity index (χ1) is 9.08. The molecule has 1 aliphatic rings. The molecule has 0 aliphatic heterocycles. The Morgan fingerprint density at radius 1 is 1.21 bits per heavy atom. The normalized spacial score (nSPS) is 17.8. The molecule has 1 aromatic carbocycles. The fourth-order valence-electron chi connectivity index (χ4n) is 2.54. The molecule has 1 aromatic heterocycles. The highest BCUT2D eigenvalue weighted by Crippen LogP contribution is 2.40. The van der Waals surface area contributed by atoms with Crippen LogP contribution >= 0.6 is 34.5 Å². The van der Waals surface area contributed by atoms with Crippen molar-refractivity contribution in [2.45, 2.75) is 31.2 Å². The van der Waals surface area contributed by atoms with Crippen LogP contribution in [0.4, 0.5) is 0 Å². The predicted octanol–water partition coefficient (Wildman–Crippen LogP) is 4.84. The summed E-state index contributed by atoms with van der Waals surface area (Å²) < 4.78 is 0. The predicted molar refractivity (Wildman–Crippen MR) is 81.9 cm³/mol. The quantitative estimate of drug-likeness (QED) is 0.861. The van der Waals surface area contributed by atoms with E-state index in [4.69, 9.17) is 33.9 Å². The maximum atomic E-state index is 6.43. The van der Waals surface area contributed by atoms with Crippen molar-refractivity contribution in [1.82, 2.24) is 4.98 Å². The molecule has 2 nitrogen and oxygen atoms in total. The summed E-state index contributed by atoms with van der Waals surface area (Å²) in [6.45, 7) is 0. The summed E-state index contributed by atoms with van der Waals surface area (Å²) in [4.78, 5) is 4.69. The topological polar surface area (TPSA) is 38.9 Å². The van der Waals surface area contributed by atoms with Gasteiger partial charge in [-0.15, -0.1) is 11.3 Å². The van der Waals surface area contributed by atoms with Gasteiger partial charge >= 0.3 is 0 Å². The summed E-state index contributed by atoms with van der Waals surface area (Å²) in [7, 11) is 0. The number of benzene rings is 1. The molecule has 5 heteroatoms. The fraction of sp³-hybridized carbons (Fsp3) is 0.357. The minimum Gasteiger partial charge on any atom is -0.319 e. The SMILES string of the molecule is NC1(c2nc(-c3ccc(Cl)cc3Cl)cs2)CCCC1. The Bertz CT molecular complexity index is 603. The number of nitrogens with zero attached hydrogens (tertiary/aromatic N) is 1. The Morgan fingerprint density at radius 2 is 1.95 bits per heavy atom. The number of rotatable bonds is 2. The van der Waals surface area contributed by atoms with Crippen molar-refractivity contribution < 1.29 is 0 Å². The smallest absolute Gasteiger partial charge is 0.113 e. The van der Waals surface area contributed by atoms with Gasteiger partial charge < -0.3 is 5.73 Å². The number of aromatic nitrogens is 1. The second-order valence-corrected chi connectivity index (χ2v) is 6.73. The van der Waals surface area contributed by atoms with E-state index in [0.717, 1.165) is 29.1 Å². The van der Waals surface area contributed by atoms with Gasteiger partial charge in [-0.25, -0.2) is 4.98 Å². The maximum Gasteiger partial charge on any atom is 0.113 e. The molecule has 1 saturated carbocycles. The molecule has 1 heterocycles. The molecule has 0 unspecified atom stereocenters. The van der Waals surface area contributed by atoms with Crippen molar-refractivity contribution in [3.8, 4) is 11.3 Å². The molecular weight excluding hydrogens is 299 g/mol. The van der Waals surface area contributed by atoms with Crippen molar-refractivity contribution in [2.24, 2.45) is 5.73 Å². The molecule has 0 saturated heterocycles. The highest BCUT2D eigenvalue weighted by Gasteiger charge is 2.34. The van der Waals surface area contributed by atoms with Crippen LogP contribution in [0.1, 0.15) is 30.7 Å². The van der Waals surface area contributed by atoms with Gasteiger partial charge in [0.05, 0.1) is 16.3 Å². The molecule has 1 aliphatic carbocycles. The first-order valence-corrected chi connectivity index (χ1v) is 7.92. The van der Waals surface area contributed by atoms with Crippen molar-refractivity contribution in [3.63, 3.8) is 0 Å². The Morgan fingerprint density at radius 3 is 2.63 bits per heavy atom. The molecule has 3 rings (SSSR count). The lowest BCUT2D eigenvalue weighted by molar-refractivity contribution is 0.459. The first-order valence-electron chi connectivity index (χ1n) is 6.29. The second kappa shape index (κ2) is 5.06. The number of hydrogen-bond donors (Lipinski definition) is 1. The first kappa shape index (κ1) is 13.4. The average molecular weight is 313 g/mol. The van der Waals surface area contributed by atoms with Gasteiger partial charge in [-0.1, -0.05) is 36.0 Å². The third-order valence-corrected chi connectivity index (χ3v) is 5.24. The minimum absolute atomic E-state index is 0.234. The molecule has 100 valence electrons. The van der Waals surface area contributed by atoms with Crippen LogP contribution in [0.2, 0.25) is 10.0 Å². The van der Waals surface area contributed by atoms with Crippen molar-refractivity contribution >= 4 is 34.5 Å². The summed E-state index contributed by atoms with van der Waals surface area (Å²) >= 11 is 13.8. The molecule has 0 radical (unpaired) electrons. The van der Waals surface area contributed by atoms with Gasteiger partial charge in [0.1, 0.15) is 5.01 Å². The highest BCUT2D eigenvalue weighted by atomic mass is 35.5. The van der Waals surface area contributed by atoms with E-state index in [1.807, 2.05) is 17.5 Å². The lowest BCUT2D eigenvalue weighted by Crippen LogP contribution is -2.32. The van der Waals surface area contributed by atoms with E-state index in [-0.39, 0.29) is 5.54 Å². The van der Waals surface area contributed by atoms with E-state index < -0.39 is 0 Å². The van der Waals surface area contributed by atoms with Crippen LogP contribution < -0.4 is 5.73 Å². The second-order valence-electron chi connectivity index (χ2n) is 5.03. The van der Waals surface area contributed by atoms with Crippen LogP contribution in [0.5, 0.6) is 0 Å². The maximum absolute atomic E-state index is 6.43. The van der Waals surface area contributed by atoms with E-state index in [1.54, 1.807) is 17.4 Å². The zero-order chi connectivity index (χ0) is 13.5. The molecule has 0 amide bonds. The average Bonchev–Trinajstić information content (AvgIpc) is 2.99. The molecule has 0 atom stereocenters. The highest BCUT2D eigenvalue weighted by molar-refractivity contribution is 7.10. The number of thiazole rings is 1. The largest absolute Gasteiger partial charge is 0.319 e. The van der Waals surface area contributed by atoms with Crippen LogP contribution in [0.3, 0.4) is 0 Å². The lowest BCUT2D eigenvalue weighted by Gasteiger charge is -2.19. The minimum atomic E-state index is -0.234. The van der Waals surface area contributed by atoms with Crippen molar-refractivity contribution in [2.75, 3.05) is 0 Å². The molecule has 1 fully saturated rings. The molecule has 2 N–H and O–H groups in total. The summed E-state index contributed by atoms with van der Waals surface area (Å²) in [5.74, 6) is 0. The molecule has 0 spiro atoms. The van der Waals surface area contributed by atoms with Gasteiger partial charge in [-0.2, -0.15) is 0 Å². The van der Waals surface area contributed by atoms with E-state index in [2.05, 4.69) is 0 Å².